The summed E-state index contributed by atoms with van der Waals surface area (Å²) < 4.78 is 5.70. The van der Waals surface area contributed by atoms with Gasteiger partial charge in [0.2, 0.25) is 5.91 Å². The van der Waals surface area contributed by atoms with Crippen molar-refractivity contribution in [3.05, 3.63) is 65.7 Å². The van der Waals surface area contributed by atoms with Gasteiger partial charge >= 0.3 is 0 Å². The first-order chi connectivity index (χ1) is 12.3. The first kappa shape index (κ1) is 16.2. The molecule has 0 aromatic heterocycles. The van der Waals surface area contributed by atoms with Crippen LogP contribution < -0.4 is 4.74 Å². The lowest BCUT2D eigenvalue weighted by atomic mass is 9.97. The summed E-state index contributed by atoms with van der Waals surface area (Å²) in [6.07, 6.45) is 0.551. The molecule has 2 heterocycles. The van der Waals surface area contributed by atoms with Crippen molar-refractivity contribution in [3.63, 3.8) is 0 Å². The van der Waals surface area contributed by atoms with Crippen LogP contribution >= 0.6 is 0 Å². The number of hydrogen-bond acceptors (Lipinski definition) is 3. The summed E-state index contributed by atoms with van der Waals surface area (Å²) in [5.41, 5.74) is 2.51. The number of carbonyl (C=O) groups excluding carboxylic acids is 1. The molecule has 0 aliphatic carbocycles. The second-order valence-electron chi connectivity index (χ2n) is 6.89. The minimum Gasteiger partial charge on any atom is -0.493 e. The Hall–Kier alpha value is -2.33. The van der Waals surface area contributed by atoms with Crippen molar-refractivity contribution in [2.45, 2.75) is 18.9 Å². The Bertz CT molecular complexity index is 724. The lowest BCUT2D eigenvalue weighted by Gasteiger charge is -2.35. The number of nitrogens with zero attached hydrogens (tertiary/aromatic N) is 2. The van der Waals surface area contributed by atoms with Gasteiger partial charge in [-0.2, -0.15) is 0 Å². The van der Waals surface area contributed by atoms with Crippen LogP contribution in [0, 0.1) is 0 Å². The number of amides is 1. The van der Waals surface area contributed by atoms with Gasteiger partial charge in [0.05, 0.1) is 6.61 Å². The highest BCUT2D eigenvalue weighted by Gasteiger charge is 2.29. The fourth-order valence-corrected chi connectivity index (χ4v) is 3.74. The van der Waals surface area contributed by atoms with Crippen molar-refractivity contribution < 1.29 is 9.53 Å². The van der Waals surface area contributed by atoms with Crippen LogP contribution in [0.3, 0.4) is 0 Å². The number of piperazine rings is 1. The van der Waals surface area contributed by atoms with Crippen LogP contribution in [-0.2, 0) is 11.3 Å². The molecule has 25 heavy (non-hydrogen) atoms. The highest BCUT2D eigenvalue weighted by molar-refractivity contribution is 5.77. The molecule has 1 saturated heterocycles. The van der Waals surface area contributed by atoms with E-state index >= 15 is 0 Å². The lowest BCUT2D eigenvalue weighted by molar-refractivity contribution is -0.133. The van der Waals surface area contributed by atoms with E-state index in [0.29, 0.717) is 13.0 Å². The van der Waals surface area contributed by atoms with Gasteiger partial charge in [0.15, 0.2) is 0 Å². The SMILES string of the molecule is O=C(CC1COc2ccccc21)N1CCN(Cc2ccccc2)CC1. The van der Waals surface area contributed by atoms with Gasteiger partial charge in [0.25, 0.3) is 0 Å². The maximum atomic E-state index is 12.7. The van der Waals surface area contributed by atoms with E-state index in [4.69, 9.17) is 4.74 Å². The Morgan fingerprint density at radius 2 is 1.68 bits per heavy atom. The maximum Gasteiger partial charge on any atom is 0.223 e. The zero-order valence-electron chi connectivity index (χ0n) is 14.4. The van der Waals surface area contributed by atoms with Crippen LogP contribution in [0.5, 0.6) is 5.75 Å². The monoisotopic (exact) mass is 336 g/mol. The van der Waals surface area contributed by atoms with Crippen LogP contribution in [0.4, 0.5) is 0 Å². The highest BCUT2D eigenvalue weighted by atomic mass is 16.5. The normalized spacial score (nSPS) is 20.2. The Morgan fingerprint density at radius 3 is 2.48 bits per heavy atom. The summed E-state index contributed by atoms with van der Waals surface area (Å²) in [7, 11) is 0. The van der Waals surface area contributed by atoms with Crippen molar-refractivity contribution in [1.29, 1.82) is 0 Å². The molecule has 0 saturated carbocycles. The molecule has 2 aliphatic rings. The third-order valence-corrected chi connectivity index (χ3v) is 5.19. The van der Waals surface area contributed by atoms with E-state index in [9.17, 15) is 4.79 Å². The van der Waals surface area contributed by atoms with Gasteiger partial charge in [-0.25, -0.2) is 0 Å². The molecular weight excluding hydrogens is 312 g/mol. The fraction of sp³-hybridized carbons (Fsp3) is 0.381. The maximum absolute atomic E-state index is 12.7. The molecule has 0 N–H and O–H groups in total. The highest BCUT2D eigenvalue weighted by Crippen LogP contribution is 2.35. The zero-order valence-corrected chi connectivity index (χ0v) is 14.4. The van der Waals surface area contributed by atoms with E-state index in [-0.39, 0.29) is 11.8 Å². The Labute approximate surface area is 149 Å². The number of rotatable bonds is 4. The molecule has 1 amide bonds. The van der Waals surface area contributed by atoms with E-state index in [0.717, 1.165) is 38.5 Å². The number of benzene rings is 2. The summed E-state index contributed by atoms with van der Waals surface area (Å²) in [6, 6.07) is 18.6. The zero-order chi connectivity index (χ0) is 17.1. The van der Waals surface area contributed by atoms with Gasteiger partial charge in [-0.1, -0.05) is 48.5 Å². The van der Waals surface area contributed by atoms with Gasteiger partial charge < -0.3 is 9.64 Å². The summed E-state index contributed by atoms with van der Waals surface area (Å²) in [4.78, 5) is 17.1. The second-order valence-corrected chi connectivity index (χ2v) is 6.89. The van der Waals surface area contributed by atoms with Gasteiger partial charge in [-0.3, -0.25) is 9.69 Å². The first-order valence-electron chi connectivity index (χ1n) is 9.05. The Morgan fingerprint density at radius 1 is 0.960 bits per heavy atom. The van der Waals surface area contributed by atoms with Crippen LogP contribution in [0.25, 0.3) is 0 Å². The molecule has 0 spiro atoms. The smallest absolute Gasteiger partial charge is 0.223 e. The number of para-hydroxylation sites is 1. The van der Waals surface area contributed by atoms with Crippen molar-refractivity contribution in [1.82, 2.24) is 9.80 Å². The van der Waals surface area contributed by atoms with E-state index in [1.165, 1.54) is 11.1 Å². The van der Waals surface area contributed by atoms with Crippen LogP contribution in [0.2, 0.25) is 0 Å². The molecule has 2 aromatic rings. The van der Waals surface area contributed by atoms with E-state index in [1.807, 2.05) is 29.2 Å². The predicted octanol–water partition coefficient (Wildman–Crippen LogP) is 2.90. The second kappa shape index (κ2) is 7.28. The third-order valence-electron chi connectivity index (χ3n) is 5.19. The van der Waals surface area contributed by atoms with Crippen LogP contribution in [0.15, 0.2) is 54.6 Å². The van der Waals surface area contributed by atoms with Crippen molar-refractivity contribution in [3.8, 4) is 5.75 Å². The van der Waals surface area contributed by atoms with Gasteiger partial charge in [0, 0.05) is 50.6 Å². The quantitative estimate of drug-likeness (QED) is 0.861. The minimum absolute atomic E-state index is 0.200. The summed E-state index contributed by atoms with van der Waals surface area (Å²) in [6.45, 7) is 5.12. The summed E-state index contributed by atoms with van der Waals surface area (Å²) in [5.74, 6) is 1.39. The minimum atomic E-state index is 0.200. The molecule has 2 aliphatic heterocycles. The number of fused-ring (bicyclic) bond motifs is 1. The van der Waals surface area contributed by atoms with Crippen molar-refractivity contribution in [2.75, 3.05) is 32.8 Å². The number of ether oxygens (including phenoxy) is 1. The molecule has 1 atom stereocenters. The van der Waals surface area contributed by atoms with E-state index < -0.39 is 0 Å². The van der Waals surface area contributed by atoms with E-state index in [2.05, 4.69) is 35.2 Å². The van der Waals surface area contributed by atoms with Gasteiger partial charge in [-0.05, 0) is 11.6 Å². The molecule has 0 radical (unpaired) electrons. The standard InChI is InChI=1S/C21H24N2O2/c24-21(14-18-16-25-20-9-5-4-8-19(18)20)23-12-10-22(11-13-23)15-17-6-2-1-3-7-17/h1-9,18H,10-16H2. The Balaban J connectivity index is 1.29. The molecule has 4 rings (SSSR count). The third kappa shape index (κ3) is 3.69. The largest absolute Gasteiger partial charge is 0.493 e. The molecule has 4 heteroatoms. The molecular formula is C21H24N2O2. The first-order valence-corrected chi connectivity index (χ1v) is 9.05. The molecule has 1 unspecified atom stereocenters. The van der Waals surface area contributed by atoms with Gasteiger partial charge in [-0.15, -0.1) is 0 Å². The summed E-state index contributed by atoms with van der Waals surface area (Å²) >= 11 is 0. The van der Waals surface area contributed by atoms with Crippen LogP contribution in [0.1, 0.15) is 23.5 Å². The summed E-state index contributed by atoms with van der Waals surface area (Å²) in [5, 5.41) is 0. The van der Waals surface area contributed by atoms with Crippen LogP contribution in [-0.4, -0.2) is 48.5 Å². The van der Waals surface area contributed by atoms with Crippen molar-refractivity contribution >= 4 is 5.91 Å². The average molecular weight is 336 g/mol. The average Bonchev–Trinajstić information content (AvgIpc) is 3.06. The molecule has 1 fully saturated rings. The van der Waals surface area contributed by atoms with Crippen molar-refractivity contribution in [2.24, 2.45) is 0 Å². The molecule has 4 nitrogen and oxygen atoms in total. The Kier molecular flexibility index (Phi) is 4.70. The molecule has 0 bridgehead atoms. The lowest BCUT2D eigenvalue weighted by Crippen LogP contribution is -2.48. The van der Waals surface area contributed by atoms with E-state index in [1.54, 1.807) is 0 Å². The topological polar surface area (TPSA) is 32.8 Å². The molecule has 130 valence electrons. The van der Waals surface area contributed by atoms with Gasteiger partial charge in [0.1, 0.15) is 5.75 Å². The number of hydrogen-bond donors (Lipinski definition) is 0. The predicted molar refractivity (Wildman–Crippen MR) is 97.6 cm³/mol. The number of carbonyl (C=O) groups is 1. The molecule has 2 aromatic carbocycles. The fourth-order valence-electron chi connectivity index (χ4n) is 3.74.